The number of unbranched alkanes of at least 4 members (excludes halogenated alkanes) is 2. The Morgan fingerprint density at radius 3 is 2.70 bits per heavy atom. The summed E-state index contributed by atoms with van der Waals surface area (Å²) < 4.78 is 0. The van der Waals surface area contributed by atoms with E-state index < -0.39 is 12.1 Å². The molecule has 154 valence electrons. The zero-order valence-corrected chi connectivity index (χ0v) is 17.0. The van der Waals surface area contributed by atoms with Crippen molar-refractivity contribution in [1.82, 2.24) is 0 Å². The molecule has 4 nitrogen and oxygen atoms in total. The van der Waals surface area contributed by atoms with Crippen LogP contribution in [0.3, 0.4) is 0 Å². The van der Waals surface area contributed by atoms with Crippen molar-refractivity contribution in [2.75, 3.05) is 0 Å². The quantitative estimate of drug-likeness (QED) is 0.359. The smallest absolute Gasteiger partial charge is 0.303 e. The van der Waals surface area contributed by atoms with Gasteiger partial charge in [-0.05, 0) is 56.3 Å². The topological polar surface area (TPSA) is 77.8 Å². The molecule has 4 heteroatoms. The van der Waals surface area contributed by atoms with Crippen LogP contribution in [0.25, 0.3) is 0 Å². The second-order valence-corrected chi connectivity index (χ2v) is 8.55. The van der Waals surface area contributed by atoms with Crippen LogP contribution in [-0.2, 0) is 4.79 Å². The standard InChI is InChI=1S/C23H38O4/c1-3-5-9-17(4-2)21(24)12-11-19-20-14-16(8-6-7-10-23(26)27)13-18(20)15-22(19)25/h8,11-12,17-22,24-25H,3-7,9-10,13-15H2,1-2H3,(H,26,27)/t17?,18-,19-,20+,21+,22-/m1/s1. The molecule has 0 aliphatic heterocycles. The molecule has 0 heterocycles. The predicted molar refractivity (Wildman–Crippen MR) is 108 cm³/mol. The molecule has 0 amide bonds. The summed E-state index contributed by atoms with van der Waals surface area (Å²) in [5.74, 6) is 0.708. The molecule has 2 saturated carbocycles. The van der Waals surface area contributed by atoms with Crippen LogP contribution in [-0.4, -0.2) is 33.5 Å². The number of allylic oxidation sites excluding steroid dienone is 2. The maximum atomic E-state index is 10.6. The Morgan fingerprint density at radius 1 is 1.26 bits per heavy atom. The van der Waals surface area contributed by atoms with Crippen molar-refractivity contribution in [2.24, 2.45) is 23.7 Å². The van der Waals surface area contributed by atoms with E-state index in [2.05, 4.69) is 26.0 Å². The summed E-state index contributed by atoms with van der Waals surface area (Å²) in [4.78, 5) is 10.6. The van der Waals surface area contributed by atoms with Crippen molar-refractivity contribution >= 4 is 5.97 Å². The van der Waals surface area contributed by atoms with Gasteiger partial charge in [-0.1, -0.05) is 56.9 Å². The minimum absolute atomic E-state index is 0.137. The summed E-state index contributed by atoms with van der Waals surface area (Å²) in [6.45, 7) is 4.31. The summed E-state index contributed by atoms with van der Waals surface area (Å²) in [7, 11) is 0. The summed E-state index contributed by atoms with van der Waals surface area (Å²) >= 11 is 0. The average Bonchev–Trinajstić information content (AvgIpc) is 3.14. The second-order valence-electron chi connectivity index (χ2n) is 8.55. The van der Waals surface area contributed by atoms with Crippen molar-refractivity contribution in [1.29, 1.82) is 0 Å². The summed E-state index contributed by atoms with van der Waals surface area (Å²) in [5, 5.41) is 29.8. The van der Waals surface area contributed by atoms with Gasteiger partial charge >= 0.3 is 5.97 Å². The lowest BCUT2D eigenvalue weighted by Gasteiger charge is -2.21. The minimum atomic E-state index is -0.729. The molecule has 1 unspecified atom stereocenters. The number of carboxylic acid groups (broad SMARTS) is 1. The number of aliphatic hydroxyl groups excluding tert-OH is 2. The maximum Gasteiger partial charge on any atom is 0.303 e. The number of rotatable bonds is 11. The molecular formula is C23H38O4. The van der Waals surface area contributed by atoms with Gasteiger partial charge in [-0.25, -0.2) is 0 Å². The molecule has 3 N–H and O–H groups in total. The normalized spacial score (nSPS) is 31.5. The van der Waals surface area contributed by atoms with Crippen molar-refractivity contribution < 1.29 is 20.1 Å². The Kier molecular flexibility index (Phi) is 9.04. The molecule has 27 heavy (non-hydrogen) atoms. The fourth-order valence-corrected chi connectivity index (χ4v) is 4.98. The number of fused-ring (bicyclic) bond motifs is 1. The van der Waals surface area contributed by atoms with E-state index in [0.717, 1.165) is 51.4 Å². The SMILES string of the molecule is CCCCC(CC)[C@@H](O)C=C[C@@H]1[C@H]2CC(=CCCCC(=O)O)C[C@@H]2C[C@H]1O. The molecule has 2 rings (SSSR count). The Morgan fingerprint density at radius 2 is 2.04 bits per heavy atom. The van der Waals surface area contributed by atoms with Gasteiger partial charge in [-0.3, -0.25) is 4.79 Å². The maximum absolute atomic E-state index is 10.6. The third-order valence-corrected chi connectivity index (χ3v) is 6.60. The molecular weight excluding hydrogens is 340 g/mol. The summed E-state index contributed by atoms with van der Waals surface area (Å²) in [5.41, 5.74) is 1.43. The Labute approximate surface area is 164 Å². The Bertz CT molecular complexity index is 524. The van der Waals surface area contributed by atoms with Gasteiger partial charge in [0.1, 0.15) is 0 Å². The highest BCUT2D eigenvalue weighted by Gasteiger charge is 2.44. The molecule has 2 aliphatic carbocycles. The molecule has 0 aromatic rings. The van der Waals surface area contributed by atoms with Gasteiger partial charge < -0.3 is 15.3 Å². The van der Waals surface area contributed by atoms with Gasteiger partial charge in [0, 0.05) is 12.3 Å². The molecule has 0 saturated heterocycles. The number of carbonyl (C=O) groups is 1. The lowest BCUT2D eigenvalue weighted by atomic mass is 9.88. The lowest BCUT2D eigenvalue weighted by Crippen LogP contribution is -2.20. The highest BCUT2D eigenvalue weighted by Crippen LogP contribution is 2.50. The van der Waals surface area contributed by atoms with Crippen LogP contribution in [0.15, 0.2) is 23.8 Å². The highest BCUT2D eigenvalue weighted by molar-refractivity contribution is 5.66. The zero-order valence-electron chi connectivity index (χ0n) is 17.0. The number of carboxylic acids is 1. The van der Waals surface area contributed by atoms with E-state index in [9.17, 15) is 15.0 Å². The van der Waals surface area contributed by atoms with Crippen molar-refractivity contribution in [2.45, 2.75) is 90.3 Å². The monoisotopic (exact) mass is 378 g/mol. The van der Waals surface area contributed by atoms with Crippen LogP contribution < -0.4 is 0 Å². The van der Waals surface area contributed by atoms with Gasteiger partial charge in [0.2, 0.25) is 0 Å². The van der Waals surface area contributed by atoms with Crippen LogP contribution in [0.4, 0.5) is 0 Å². The van der Waals surface area contributed by atoms with Crippen LogP contribution in [0.1, 0.15) is 78.1 Å². The van der Waals surface area contributed by atoms with Crippen LogP contribution in [0.2, 0.25) is 0 Å². The Balaban J connectivity index is 1.90. The number of hydrogen-bond donors (Lipinski definition) is 3. The van der Waals surface area contributed by atoms with Crippen LogP contribution in [0.5, 0.6) is 0 Å². The van der Waals surface area contributed by atoms with E-state index in [0.29, 0.717) is 24.2 Å². The van der Waals surface area contributed by atoms with Gasteiger partial charge in [0.05, 0.1) is 12.2 Å². The fraction of sp³-hybridized carbons (Fsp3) is 0.783. The summed E-state index contributed by atoms with van der Waals surface area (Å²) in [6.07, 6.45) is 14.5. The molecule has 0 spiro atoms. The molecule has 0 aromatic heterocycles. The first-order valence-corrected chi connectivity index (χ1v) is 10.9. The first-order valence-electron chi connectivity index (χ1n) is 10.9. The van der Waals surface area contributed by atoms with Crippen molar-refractivity contribution in [3.05, 3.63) is 23.8 Å². The van der Waals surface area contributed by atoms with Gasteiger partial charge in [-0.15, -0.1) is 0 Å². The van der Waals surface area contributed by atoms with Crippen LogP contribution in [0, 0.1) is 23.7 Å². The molecule has 2 aliphatic rings. The van der Waals surface area contributed by atoms with E-state index in [-0.39, 0.29) is 18.4 Å². The molecule has 0 radical (unpaired) electrons. The van der Waals surface area contributed by atoms with Crippen molar-refractivity contribution in [3.63, 3.8) is 0 Å². The van der Waals surface area contributed by atoms with Crippen molar-refractivity contribution in [3.8, 4) is 0 Å². The molecule has 0 aromatic carbocycles. The largest absolute Gasteiger partial charge is 0.481 e. The van der Waals surface area contributed by atoms with Gasteiger partial charge in [0.25, 0.3) is 0 Å². The second kappa shape index (κ2) is 11.0. The third kappa shape index (κ3) is 6.46. The average molecular weight is 379 g/mol. The summed E-state index contributed by atoms with van der Waals surface area (Å²) in [6, 6.07) is 0. The van der Waals surface area contributed by atoms with Crippen LogP contribution >= 0.6 is 0 Å². The predicted octanol–water partition coefficient (Wildman–Crippen LogP) is 4.71. The minimum Gasteiger partial charge on any atom is -0.481 e. The van der Waals surface area contributed by atoms with E-state index in [4.69, 9.17) is 5.11 Å². The van der Waals surface area contributed by atoms with Gasteiger partial charge in [0.15, 0.2) is 0 Å². The molecule has 6 atom stereocenters. The fourth-order valence-electron chi connectivity index (χ4n) is 4.98. The lowest BCUT2D eigenvalue weighted by molar-refractivity contribution is -0.137. The molecule has 2 fully saturated rings. The van der Waals surface area contributed by atoms with E-state index >= 15 is 0 Å². The number of hydrogen-bond acceptors (Lipinski definition) is 3. The third-order valence-electron chi connectivity index (χ3n) is 6.60. The van der Waals surface area contributed by atoms with E-state index in [1.54, 1.807) is 0 Å². The van der Waals surface area contributed by atoms with E-state index in [1.165, 1.54) is 5.57 Å². The van der Waals surface area contributed by atoms with Gasteiger partial charge in [-0.2, -0.15) is 0 Å². The van der Waals surface area contributed by atoms with E-state index in [1.807, 2.05) is 6.08 Å². The number of aliphatic hydroxyl groups is 2. The molecule has 0 bridgehead atoms. The number of aliphatic carboxylic acids is 1. The highest BCUT2D eigenvalue weighted by atomic mass is 16.4. The zero-order chi connectivity index (χ0) is 19.8. The first kappa shape index (κ1) is 22.2. The first-order chi connectivity index (χ1) is 13.0. The Hall–Kier alpha value is -1.13.